The molecule has 2 aromatic carbocycles. The molecular weight excluding hydrogens is 392 g/mol. The zero-order chi connectivity index (χ0) is 22.0. The van der Waals surface area contributed by atoms with E-state index in [0.717, 1.165) is 10.8 Å². The number of ketones is 1. The van der Waals surface area contributed by atoms with Gasteiger partial charge in [0.25, 0.3) is 11.7 Å². The maximum absolute atomic E-state index is 13.1. The molecule has 4 rings (SSSR count). The second-order valence-electron chi connectivity index (χ2n) is 7.69. The van der Waals surface area contributed by atoms with Crippen molar-refractivity contribution in [2.24, 2.45) is 0 Å². The second kappa shape index (κ2) is 8.70. The van der Waals surface area contributed by atoms with E-state index < -0.39 is 17.7 Å². The molecular formula is C25H24N2O4. The SMILES string of the molecule is CC(C)OCCN1C(=O)C(=O)/C(=C(\O)c2cccc3ccccc23)C1c1ccccn1. The molecule has 1 fully saturated rings. The van der Waals surface area contributed by atoms with Crippen molar-refractivity contribution in [3.63, 3.8) is 0 Å². The van der Waals surface area contributed by atoms with Gasteiger partial charge in [0.2, 0.25) is 0 Å². The van der Waals surface area contributed by atoms with Crippen LogP contribution in [0.5, 0.6) is 0 Å². The molecule has 1 N–H and O–H groups in total. The lowest BCUT2D eigenvalue weighted by atomic mass is 9.95. The van der Waals surface area contributed by atoms with Gasteiger partial charge in [0.05, 0.1) is 24.0 Å². The maximum Gasteiger partial charge on any atom is 0.295 e. The molecule has 0 radical (unpaired) electrons. The number of amides is 1. The number of aromatic nitrogens is 1. The number of pyridine rings is 1. The summed E-state index contributed by atoms with van der Waals surface area (Å²) >= 11 is 0. The third kappa shape index (κ3) is 3.94. The van der Waals surface area contributed by atoms with Gasteiger partial charge in [-0.3, -0.25) is 14.6 Å². The van der Waals surface area contributed by atoms with Gasteiger partial charge < -0.3 is 14.7 Å². The third-order valence-corrected chi connectivity index (χ3v) is 5.34. The highest BCUT2D eigenvalue weighted by atomic mass is 16.5. The third-order valence-electron chi connectivity index (χ3n) is 5.34. The summed E-state index contributed by atoms with van der Waals surface area (Å²) in [5.41, 5.74) is 1.08. The molecule has 0 aliphatic carbocycles. The number of fused-ring (bicyclic) bond motifs is 1. The van der Waals surface area contributed by atoms with E-state index in [0.29, 0.717) is 11.3 Å². The number of hydrogen-bond donors (Lipinski definition) is 1. The van der Waals surface area contributed by atoms with E-state index in [2.05, 4.69) is 4.98 Å². The smallest absolute Gasteiger partial charge is 0.295 e. The number of carbonyl (C=O) groups excluding carboxylic acids is 2. The van der Waals surface area contributed by atoms with E-state index in [-0.39, 0.29) is 30.6 Å². The van der Waals surface area contributed by atoms with E-state index in [4.69, 9.17) is 4.74 Å². The van der Waals surface area contributed by atoms with Gasteiger partial charge in [0.15, 0.2) is 0 Å². The van der Waals surface area contributed by atoms with E-state index in [1.165, 1.54) is 4.90 Å². The fourth-order valence-corrected chi connectivity index (χ4v) is 3.92. The number of aliphatic hydroxyl groups is 1. The molecule has 6 nitrogen and oxygen atoms in total. The average molecular weight is 416 g/mol. The molecule has 1 aliphatic rings. The van der Waals surface area contributed by atoms with Crippen molar-refractivity contribution in [2.75, 3.05) is 13.2 Å². The zero-order valence-corrected chi connectivity index (χ0v) is 17.5. The van der Waals surface area contributed by atoms with Gasteiger partial charge in [-0.2, -0.15) is 0 Å². The van der Waals surface area contributed by atoms with Crippen molar-refractivity contribution >= 4 is 28.2 Å². The van der Waals surface area contributed by atoms with Gasteiger partial charge in [0, 0.05) is 18.3 Å². The van der Waals surface area contributed by atoms with Crippen LogP contribution in [0.4, 0.5) is 0 Å². The lowest BCUT2D eigenvalue weighted by Crippen LogP contribution is -2.33. The molecule has 0 bridgehead atoms. The number of ether oxygens (including phenoxy) is 1. The minimum Gasteiger partial charge on any atom is -0.507 e. The van der Waals surface area contributed by atoms with E-state index in [9.17, 15) is 14.7 Å². The van der Waals surface area contributed by atoms with Crippen molar-refractivity contribution in [3.05, 3.63) is 83.7 Å². The van der Waals surface area contributed by atoms with Crippen LogP contribution in [0, 0.1) is 0 Å². The molecule has 6 heteroatoms. The molecule has 31 heavy (non-hydrogen) atoms. The monoisotopic (exact) mass is 416 g/mol. The van der Waals surface area contributed by atoms with Crippen molar-refractivity contribution in [1.29, 1.82) is 0 Å². The predicted octanol–water partition coefficient (Wildman–Crippen LogP) is 4.08. The van der Waals surface area contributed by atoms with Crippen molar-refractivity contribution < 1.29 is 19.4 Å². The Bertz CT molecular complexity index is 1150. The number of aliphatic hydroxyl groups excluding tert-OH is 1. The molecule has 1 amide bonds. The number of carbonyl (C=O) groups is 2. The first-order valence-electron chi connectivity index (χ1n) is 10.3. The fourth-order valence-electron chi connectivity index (χ4n) is 3.92. The van der Waals surface area contributed by atoms with E-state index in [1.54, 1.807) is 30.5 Å². The Morgan fingerprint density at radius 1 is 1.06 bits per heavy atom. The number of rotatable bonds is 6. The number of likely N-dealkylation sites (tertiary alicyclic amines) is 1. The molecule has 3 aromatic rings. The Kier molecular flexibility index (Phi) is 5.82. The van der Waals surface area contributed by atoms with E-state index in [1.807, 2.05) is 50.2 Å². The number of nitrogens with zero attached hydrogens (tertiary/aromatic N) is 2. The van der Waals surface area contributed by atoms with Crippen LogP contribution in [-0.2, 0) is 14.3 Å². The van der Waals surface area contributed by atoms with Gasteiger partial charge in [-0.15, -0.1) is 0 Å². The Labute approximate surface area is 180 Å². The quantitative estimate of drug-likeness (QED) is 0.372. The zero-order valence-electron chi connectivity index (χ0n) is 17.5. The first-order valence-corrected chi connectivity index (χ1v) is 10.3. The lowest BCUT2D eigenvalue weighted by Gasteiger charge is -2.24. The first kappa shape index (κ1) is 20.8. The van der Waals surface area contributed by atoms with E-state index >= 15 is 0 Å². The van der Waals surface area contributed by atoms with Crippen LogP contribution in [0.3, 0.4) is 0 Å². The van der Waals surface area contributed by atoms with Crippen LogP contribution in [0.25, 0.3) is 16.5 Å². The fraction of sp³-hybridized carbons (Fsp3) is 0.240. The standard InChI is InChI=1S/C25H24N2O4/c1-16(2)31-15-14-27-22(20-12-5-6-13-26-20)21(24(29)25(27)30)23(28)19-11-7-9-17-8-3-4-10-18(17)19/h3-13,16,22,28H,14-15H2,1-2H3/b23-21-. The molecule has 0 saturated carbocycles. The van der Waals surface area contributed by atoms with Gasteiger partial charge in [-0.05, 0) is 36.8 Å². The van der Waals surface area contributed by atoms with Crippen LogP contribution in [-0.4, -0.2) is 45.9 Å². The molecule has 158 valence electrons. The van der Waals surface area contributed by atoms with Crippen LogP contribution in [0.2, 0.25) is 0 Å². The number of hydrogen-bond acceptors (Lipinski definition) is 5. The van der Waals surface area contributed by atoms with Crippen LogP contribution in [0.1, 0.15) is 31.1 Å². The minimum absolute atomic E-state index is 0.000746. The van der Waals surface area contributed by atoms with Gasteiger partial charge in [0.1, 0.15) is 11.8 Å². The highest BCUT2D eigenvalue weighted by Crippen LogP contribution is 2.39. The Morgan fingerprint density at radius 2 is 1.81 bits per heavy atom. The summed E-state index contributed by atoms with van der Waals surface area (Å²) < 4.78 is 5.61. The molecule has 1 aliphatic heterocycles. The Morgan fingerprint density at radius 3 is 2.55 bits per heavy atom. The lowest BCUT2D eigenvalue weighted by molar-refractivity contribution is -0.140. The predicted molar refractivity (Wildman–Crippen MR) is 118 cm³/mol. The number of Topliss-reactive ketones (excluding diaryl/α,β-unsaturated/α-hetero) is 1. The summed E-state index contributed by atoms with van der Waals surface area (Å²) in [7, 11) is 0. The summed E-state index contributed by atoms with van der Waals surface area (Å²) in [5, 5.41) is 13.0. The highest BCUT2D eigenvalue weighted by Gasteiger charge is 2.46. The van der Waals surface area contributed by atoms with Gasteiger partial charge >= 0.3 is 0 Å². The summed E-state index contributed by atoms with van der Waals surface area (Å²) in [6, 6.07) is 17.6. The highest BCUT2D eigenvalue weighted by molar-refractivity contribution is 6.46. The minimum atomic E-state index is -0.782. The van der Waals surface area contributed by atoms with Crippen molar-refractivity contribution in [3.8, 4) is 0 Å². The molecule has 1 saturated heterocycles. The Hall–Kier alpha value is -3.51. The van der Waals surface area contributed by atoms with Crippen molar-refractivity contribution in [1.82, 2.24) is 9.88 Å². The largest absolute Gasteiger partial charge is 0.507 e. The van der Waals surface area contributed by atoms with Gasteiger partial charge in [-0.25, -0.2) is 0 Å². The summed E-state index contributed by atoms with van der Waals surface area (Å²) in [5.74, 6) is -1.58. The summed E-state index contributed by atoms with van der Waals surface area (Å²) in [6.07, 6.45) is 1.61. The molecule has 1 aromatic heterocycles. The average Bonchev–Trinajstić information content (AvgIpc) is 3.03. The molecule has 1 atom stereocenters. The molecule has 1 unspecified atom stereocenters. The summed E-state index contributed by atoms with van der Waals surface area (Å²) in [4.78, 5) is 31.8. The van der Waals surface area contributed by atoms with Crippen LogP contribution in [0.15, 0.2) is 72.4 Å². The molecule has 0 spiro atoms. The first-order chi connectivity index (χ1) is 15.0. The van der Waals surface area contributed by atoms with Crippen molar-refractivity contribution in [2.45, 2.75) is 26.0 Å². The molecule has 2 heterocycles. The topological polar surface area (TPSA) is 79.7 Å². The number of benzene rings is 2. The van der Waals surface area contributed by atoms with Crippen LogP contribution < -0.4 is 0 Å². The second-order valence-corrected chi connectivity index (χ2v) is 7.69. The summed E-state index contributed by atoms with van der Waals surface area (Å²) in [6.45, 7) is 4.31. The van der Waals surface area contributed by atoms with Crippen LogP contribution >= 0.6 is 0 Å². The Balaban J connectivity index is 1.85. The van der Waals surface area contributed by atoms with Gasteiger partial charge in [-0.1, -0.05) is 48.5 Å². The normalized spacial score (nSPS) is 18.3. The maximum atomic E-state index is 13.1.